The standard InChI is InChI=1S/C27H28ClN3O3/c1-15-23(16(2)31-30-15)24-21(28)13-12-20-19(26(27(32)33)29-25(20)24)10-6-14-34-22-11-5-8-17-7-3-4-9-18(17)22/h5,8,11-13,29H,3-4,6-7,9-10,14H2,1-2H3,(H,30,31)(H,32,33). The van der Waals surface area contributed by atoms with Crippen LogP contribution in [0, 0.1) is 13.8 Å². The maximum Gasteiger partial charge on any atom is 0.352 e. The summed E-state index contributed by atoms with van der Waals surface area (Å²) in [6.07, 6.45) is 5.90. The van der Waals surface area contributed by atoms with E-state index >= 15 is 0 Å². The first kappa shape index (κ1) is 22.5. The molecule has 176 valence electrons. The first-order chi connectivity index (χ1) is 16.5. The maximum absolute atomic E-state index is 12.1. The molecule has 0 radical (unpaired) electrons. The van der Waals surface area contributed by atoms with Crippen molar-refractivity contribution < 1.29 is 14.6 Å². The molecule has 34 heavy (non-hydrogen) atoms. The molecule has 0 amide bonds. The molecule has 3 N–H and O–H groups in total. The average molecular weight is 478 g/mol. The molecule has 2 aromatic carbocycles. The van der Waals surface area contributed by atoms with E-state index in [1.807, 2.05) is 32.0 Å². The van der Waals surface area contributed by atoms with E-state index in [-0.39, 0.29) is 5.69 Å². The predicted octanol–water partition coefficient (Wildman–Crippen LogP) is 6.42. The van der Waals surface area contributed by atoms with Crippen LogP contribution in [0.1, 0.15) is 57.8 Å². The van der Waals surface area contributed by atoms with Gasteiger partial charge in [-0.05, 0) is 81.2 Å². The fourth-order valence-electron chi connectivity index (χ4n) is 5.21. The number of H-pyrrole nitrogens is 2. The highest BCUT2D eigenvalue weighted by Gasteiger charge is 2.23. The van der Waals surface area contributed by atoms with Crippen molar-refractivity contribution in [1.82, 2.24) is 15.2 Å². The Morgan fingerprint density at radius 1 is 1.15 bits per heavy atom. The summed E-state index contributed by atoms with van der Waals surface area (Å²) < 4.78 is 6.16. The summed E-state index contributed by atoms with van der Waals surface area (Å²) in [7, 11) is 0. The van der Waals surface area contributed by atoms with Gasteiger partial charge in [0.1, 0.15) is 11.4 Å². The van der Waals surface area contributed by atoms with Gasteiger partial charge in [-0.2, -0.15) is 5.10 Å². The summed E-state index contributed by atoms with van der Waals surface area (Å²) in [5, 5.41) is 18.6. The molecule has 2 heterocycles. The molecule has 7 heteroatoms. The second kappa shape index (κ2) is 9.18. The third-order valence-corrected chi connectivity index (χ3v) is 7.12. The lowest BCUT2D eigenvalue weighted by atomic mass is 9.91. The second-order valence-corrected chi connectivity index (χ2v) is 9.40. The molecule has 1 aliphatic carbocycles. The molecule has 0 aliphatic heterocycles. The summed E-state index contributed by atoms with van der Waals surface area (Å²) in [5.41, 5.74) is 7.82. The van der Waals surface area contributed by atoms with Gasteiger partial charge < -0.3 is 14.8 Å². The number of aromatic amines is 2. The first-order valence-corrected chi connectivity index (χ1v) is 12.2. The van der Waals surface area contributed by atoms with E-state index in [1.165, 1.54) is 24.0 Å². The zero-order chi connectivity index (χ0) is 23.8. The van der Waals surface area contributed by atoms with Gasteiger partial charge in [0.2, 0.25) is 0 Å². The predicted molar refractivity (Wildman–Crippen MR) is 134 cm³/mol. The fraction of sp³-hybridized carbons (Fsp3) is 0.333. The Hall–Kier alpha value is -3.25. The van der Waals surface area contributed by atoms with E-state index in [0.717, 1.165) is 57.6 Å². The van der Waals surface area contributed by atoms with E-state index in [9.17, 15) is 9.90 Å². The second-order valence-electron chi connectivity index (χ2n) is 8.99. The molecule has 4 aromatic rings. The minimum absolute atomic E-state index is 0.203. The zero-order valence-corrected chi connectivity index (χ0v) is 20.2. The number of hydrogen-bond donors (Lipinski definition) is 3. The Bertz CT molecular complexity index is 1370. The molecule has 6 nitrogen and oxygen atoms in total. The van der Waals surface area contributed by atoms with Crippen LogP contribution in [-0.2, 0) is 19.3 Å². The minimum atomic E-state index is -0.980. The molecule has 0 saturated carbocycles. The molecule has 0 atom stereocenters. The summed E-state index contributed by atoms with van der Waals surface area (Å²) in [6, 6.07) is 10.0. The van der Waals surface area contributed by atoms with E-state index in [0.29, 0.717) is 24.5 Å². The summed E-state index contributed by atoms with van der Waals surface area (Å²) >= 11 is 6.60. The monoisotopic (exact) mass is 477 g/mol. The summed E-state index contributed by atoms with van der Waals surface area (Å²) in [6.45, 7) is 4.38. The molecule has 0 spiro atoms. The number of nitrogens with one attached hydrogen (secondary N) is 2. The fourth-order valence-corrected chi connectivity index (χ4v) is 5.46. The number of benzene rings is 2. The quantitative estimate of drug-likeness (QED) is 0.268. The Labute approximate surface area is 203 Å². The smallest absolute Gasteiger partial charge is 0.352 e. The van der Waals surface area contributed by atoms with Gasteiger partial charge in [0.05, 0.1) is 22.8 Å². The third-order valence-electron chi connectivity index (χ3n) is 6.80. The van der Waals surface area contributed by atoms with Crippen molar-refractivity contribution in [2.75, 3.05) is 6.61 Å². The molecule has 5 rings (SSSR count). The minimum Gasteiger partial charge on any atom is -0.493 e. The van der Waals surface area contributed by atoms with Crippen LogP contribution in [0.5, 0.6) is 5.75 Å². The number of ether oxygens (including phenoxy) is 1. The highest BCUT2D eigenvalue weighted by atomic mass is 35.5. The third kappa shape index (κ3) is 3.96. The SMILES string of the molecule is Cc1n[nH]c(C)c1-c1c(Cl)ccc2c(CCCOc3cccc4c3CCCC4)c(C(=O)O)[nH]c12. The molecule has 0 bridgehead atoms. The summed E-state index contributed by atoms with van der Waals surface area (Å²) in [5.74, 6) is -0.0125. The highest BCUT2D eigenvalue weighted by Crippen LogP contribution is 2.40. The van der Waals surface area contributed by atoms with Crippen molar-refractivity contribution in [2.45, 2.75) is 52.4 Å². The normalized spacial score (nSPS) is 13.3. The van der Waals surface area contributed by atoms with Gasteiger partial charge in [0.25, 0.3) is 0 Å². The largest absolute Gasteiger partial charge is 0.493 e. The average Bonchev–Trinajstić information content (AvgIpc) is 3.36. The van der Waals surface area contributed by atoms with Crippen LogP contribution in [-0.4, -0.2) is 32.9 Å². The van der Waals surface area contributed by atoms with E-state index < -0.39 is 5.97 Å². The Balaban J connectivity index is 1.43. The molecule has 0 fully saturated rings. The number of carboxylic acids is 1. The van der Waals surface area contributed by atoms with Crippen molar-refractivity contribution in [3.05, 3.63) is 69.1 Å². The number of fused-ring (bicyclic) bond motifs is 2. The molecular formula is C27H28ClN3O3. The molecule has 0 saturated heterocycles. The Kier molecular flexibility index (Phi) is 6.09. The lowest BCUT2D eigenvalue weighted by Gasteiger charge is -2.19. The zero-order valence-electron chi connectivity index (χ0n) is 19.4. The van der Waals surface area contributed by atoms with Gasteiger partial charge in [-0.1, -0.05) is 29.8 Å². The van der Waals surface area contributed by atoms with Crippen LogP contribution in [0.4, 0.5) is 0 Å². The number of hydrogen-bond acceptors (Lipinski definition) is 3. The molecule has 1 aliphatic rings. The number of aromatic nitrogens is 3. The number of nitrogens with zero attached hydrogens (tertiary/aromatic N) is 1. The van der Waals surface area contributed by atoms with Gasteiger partial charge in [-0.3, -0.25) is 5.10 Å². The van der Waals surface area contributed by atoms with E-state index in [4.69, 9.17) is 16.3 Å². The van der Waals surface area contributed by atoms with Crippen molar-refractivity contribution in [2.24, 2.45) is 0 Å². The van der Waals surface area contributed by atoms with Gasteiger partial charge in [-0.15, -0.1) is 0 Å². The lowest BCUT2D eigenvalue weighted by Crippen LogP contribution is -2.08. The lowest BCUT2D eigenvalue weighted by molar-refractivity contribution is 0.0690. The van der Waals surface area contributed by atoms with Crippen LogP contribution >= 0.6 is 11.6 Å². The number of aromatic carboxylic acids is 1. The maximum atomic E-state index is 12.1. The van der Waals surface area contributed by atoms with Crippen molar-refractivity contribution in [1.29, 1.82) is 0 Å². The topological polar surface area (TPSA) is 91.0 Å². The van der Waals surface area contributed by atoms with Crippen molar-refractivity contribution in [3.63, 3.8) is 0 Å². The van der Waals surface area contributed by atoms with Crippen LogP contribution in [0.3, 0.4) is 0 Å². The van der Waals surface area contributed by atoms with Crippen LogP contribution < -0.4 is 4.74 Å². The van der Waals surface area contributed by atoms with Crippen LogP contribution in [0.25, 0.3) is 22.0 Å². The van der Waals surface area contributed by atoms with Crippen LogP contribution in [0.2, 0.25) is 5.02 Å². The highest BCUT2D eigenvalue weighted by molar-refractivity contribution is 6.35. The number of rotatable bonds is 7. The first-order valence-electron chi connectivity index (χ1n) is 11.8. The molecule has 2 aromatic heterocycles. The van der Waals surface area contributed by atoms with Gasteiger partial charge in [0, 0.05) is 22.2 Å². The van der Waals surface area contributed by atoms with Gasteiger partial charge in [-0.25, -0.2) is 4.79 Å². The Morgan fingerprint density at radius 2 is 1.97 bits per heavy atom. The van der Waals surface area contributed by atoms with Gasteiger partial charge in [0.15, 0.2) is 0 Å². The molecular weight excluding hydrogens is 450 g/mol. The Morgan fingerprint density at radius 3 is 2.74 bits per heavy atom. The van der Waals surface area contributed by atoms with E-state index in [1.54, 1.807) is 0 Å². The van der Waals surface area contributed by atoms with Crippen molar-refractivity contribution >= 4 is 28.5 Å². The number of carbonyl (C=O) groups is 1. The summed E-state index contributed by atoms with van der Waals surface area (Å²) in [4.78, 5) is 15.3. The van der Waals surface area contributed by atoms with Crippen LogP contribution in [0.15, 0.2) is 30.3 Å². The molecule has 0 unspecified atom stereocenters. The van der Waals surface area contributed by atoms with Crippen molar-refractivity contribution in [3.8, 4) is 16.9 Å². The van der Waals surface area contributed by atoms with Gasteiger partial charge >= 0.3 is 5.97 Å². The number of carboxylic acid groups (broad SMARTS) is 1. The number of aryl methyl sites for hydroxylation is 4. The van der Waals surface area contributed by atoms with E-state index in [2.05, 4.69) is 27.3 Å². The number of halogens is 1.